The Kier molecular flexibility index (Phi) is 6.31. The van der Waals surface area contributed by atoms with Gasteiger partial charge in [0.1, 0.15) is 11.6 Å². The molecular formula is C21H24F2N2O2. The molecule has 0 fully saturated rings. The number of nitrogens with zero attached hydrogens (tertiary/aromatic N) is 2. The van der Waals surface area contributed by atoms with Crippen LogP contribution in [0.25, 0.3) is 0 Å². The van der Waals surface area contributed by atoms with Crippen molar-refractivity contribution in [1.29, 1.82) is 0 Å². The van der Waals surface area contributed by atoms with Crippen molar-refractivity contribution in [3.8, 4) is 0 Å². The molecule has 144 valence electrons. The third-order valence-corrected chi connectivity index (χ3v) is 4.81. The van der Waals surface area contributed by atoms with Crippen LogP contribution in [0, 0.1) is 11.6 Å². The average molecular weight is 374 g/mol. The maximum Gasteiger partial charge on any atom is 0.227 e. The van der Waals surface area contributed by atoms with Gasteiger partial charge in [0.05, 0.1) is 0 Å². The zero-order chi connectivity index (χ0) is 18.8. The fraction of sp³-hybridized carbons (Fsp3) is 0.333. The Labute approximate surface area is 158 Å². The molecule has 6 heteroatoms. The molecule has 0 aromatic heterocycles. The molecule has 0 radical (unpaired) electrons. The zero-order valence-electron chi connectivity index (χ0n) is 14.8. The fourth-order valence-corrected chi connectivity index (χ4v) is 3.25. The van der Waals surface area contributed by atoms with Gasteiger partial charge in [-0.05, 0) is 42.7 Å². The predicted octanol–water partition coefficient (Wildman–Crippen LogP) is 4.11. The van der Waals surface area contributed by atoms with Gasteiger partial charge in [-0.15, -0.1) is 0 Å². The van der Waals surface area contributed by atoms with Crippen LogP contribution in [0.1, 0.15) is 31.4 Å². The van der Waals surface area contributed by atoms with E-state index in [1.807, 2.05) is 0 Å². The molecule has 4 rings (SSSR count). The van der Waals surface area contributed by atoms with Gasteiger partial charge in [-0.2, -0.15) is 0 Å². The highest BCUT2D eigenvalue weighted by molar-refractivity contribution is 5.96. The van der Waals surface area contributed by atoms with Crippen LogP contribution < -0.4 is 9.80 Å². The molecule has 4 nitrogen and oxygen atoms in total. The SMILES string of the molecule is C.CN1C(=O)CCc2c(F)cccc21.CN1C(=O)CCc2ccc(F)cc21. The molecule has 0 saturated carbocycles. The van der Waals surface area contributed by atoms with Gasteiger partial charge in [-0.25, -0.2) is 8.78 Å². The summed E-state index contributed by atoms with van der Waals surface area (Å²) in [6, 6.07) is 9.42. The summed E-state index contributed by atoms with van der Waals surface area (Å²) in [4.78, 5) is 25.6. The first-order valence-corrected chi connectivity index (χ1v) is 8.47. The monoisotopic (exact) mass is 374 g/mol. The van der Waals surface area contributed by atoms with Crippen molar-refractivity contribution in [1.82, 2.24) is 0 Å². The zero-order valence-corrected chi connectivity index (χ0v) is 14.8. The maximum atomic E-state index is 13.2. The van der Waals surface area contributed by atoms with E-state index in [-0.39, 0.29) is 30.9 Å². The number of hydrogen-bond donors (Lipinski definition) is 0. The van der Waals surface area contributed by atoms with E-state index in [1.54, 1.807) is 32.3 Å². The quantitative estimate of drug-likeness (QED) is 0.696. The van der Waals surface area contributed by atoms with Crippen LogP contribution in [0.5, 0.6) is 0 Å². The van der Waals surface area contributed by atoms with Gasteiger partial charge in [-0.3, -0.25) is 9.59 Å². The number of aryl methyl sites for hydroxylation is 1. The van der Waals surface area contributed by atoms with E-state index in [1.165, 1.54) is 28.0 Å². The fourth-order valence-electron chi connectivity index (χ4n) is 3.25. The van der Waals surface area contributed by atoms with Gasteiger partial charge >= 0.3 is 0 Å². The lowest BCUT2D eigenvalue weighted by Gasteiger charge is -2.25. The largest absolute Gasteiger partial charge is 0.315 e. The first kappa shape index (κ1) is 20.6. The van der Waals surface area contributed by atoms with Crippen molar-refractivity contribution >= 4 is 23.2 Å². The second kappa shape index (κ2) is 8.29. The molecule has 27 heavy (non-hydrogen) atoms. The normalized spacial score (nSPS) is 15.3. The van der Waals surface area contributed by atoms with Crippen molar-refractivity contribution in [3.63, 3.8) is 0 Å². The highest BCUT2D eigenvalue weighted by Crippen LogP contribution is 2.28. The summed E-state index contributed by atoms with van der Waals surface area (Å²) in [5.41, 5.74) is 3.11. The smallest absolute Gasteiger partial charge is 0.227 e. The van der Waals surface area contributed by atoms with Crippen LogP contribution in [-0.2, 0) is 22.4 Å². The second-order valence-electron chi connectivity index (χ2n) is 6.42. The summed E-state index contributed by atoms with van der Waals surface area (Å²) in [5, 5.41) is 0. The molecule has 0 spiro atoms. The lowest BCUT2D eigenvalue weighted by Crippen LogP contribution is -2.31. The van der Waals surface area contributed by atoms with Crippen molar-refractivity contribution in [2.45, 2.75) is 33.1 Å². The highest BCUT2D eigenvalue weighted by atomic mass is 19.1. The minimum atomic E-state index is -0.291. The van der Waals surface area contributed by atoms with E-state index >= 15 is 0 Å². The van der Waals surface area contributed by atoms with E-state index < -0.39 is 0 Å². The molecule has 2 aromatic rings. The molecule has 2 amide bonds. The van der Waals surface area contributed by atoms with Crippen LogP contribution in [0.3, 0.4) is 0 Å². The molecule has 2 heterocycles. The summed E-state index contributed by atoms with van der Waals surface area (Å²) >= 11 is 0. The number of hydrogen-bond acceptors (Lipinski definition) is 2. The Morgan fingerprint density at radius 3 is 2.15 bits per heavy atom. The summed E-state index contributed by atoms with van der Waals surface area (Å²) in [7, 11) is 3.36. The standard InChI is InChI=1S/2C10H10FNO.CH4/c1-12-9-6-8(11)4-2-7(9)3-5-10(12)13;1-12-9-4-2-3-8(11)7(9)5-6-10(12)13;/h2,4,6H,3,5H2,1H3;2-4H,5-6H2,1H3;1H4. The van der Waals surface area contributed by atoms with Gasteiger partial charge in [0.25, 0.3) is 0 Å². The summed E-state index contributed by atoms with van der Waals surface area (Å²) in [6.45, 7) is 0. The van der Waals surface area contributed by atoms with E-state index in [0.717, 1.165) is 12.0 Å². The first-order chi connectivity index (χ1) is 12.4. The van der Waals surface area contributed by atoms with Crippen molar-refractivity contribution in [2.75, 3.05) is 23.9 Å². The van der Waals surface area contributed by atoms with Crippen LogP contribution in [0.4, 0.5) is 20.2 Å². The molecule has 0 unspecified atom stereocenters. The minimum absolute atomic E-state index is 0. The molecule has 0 bridgehead atoms. The average Bonchev–Trinajstić information content (AvgIpc) is 2.63. The number of anilines is 2. The van der Waals surface area contributed by atoms with Gasteiger partial charge < -0.3 is 9.80 Å². The minimum Gasteiger partial charge on any atom is -0.315 e. The molecular weight excluding hydrogens is 350 g/mol. The molecule has 2 aliphatic heterocycles. The number of rotatable bonds is 0. The van der Waals surface area contributed by atoms with E-state index in [2.05, 4.69) is 0 Å². The number of carbonyl (C=O) groups excluding carboxylic acids is 2. The van der Waals surface area contributed by atoms with Gasteiger partial charge in [-0.1, -0.05) is 19.6 Å². The molecule has 0 aliphatic carbocycles. The molecule has 2 aromatic carbocycles. The summed E-state index contributed by atoms with van der Waals surface area (Å²) in [6.07, 6.45) is 2.17. The first-order valence-electron chi connectivity index (χ1n) is 8.47. The van der Waals surface area contributed by atoms with Crippen LogP contribution in [0.2, 0.25) is 0 Å². The van der Waals surface area contributed by atoms with Crippen LogP contribution >= 0.6 is 0 Å². The lowest BCUT2D eigenvalue weighted by atomic mass is 10.0. The summed E-state index contributed by atoms with van der Waals surface area (Å²) in [5.74, 6) is -0.395. The third kappa shape index (κ3) is 4.15. The Morgan fingerprint density at radius 2 is 1.44 bits per heavy atom. The third-order valence-electron chi connectivity index (χ3n) is 4.81. The Balaban J connectivity index is 0.000000187. The van der Waals surface area contributed by atoms with Gasteiger partial charge in [0.15, 0.2) is 0 Å². The predicted molar refractivity (Wildman–Crippen MR) is 103 cm³/mol. The lowest BCUT2D eigenvalue weighted by molar-refractivity contribution is -0.119. The maximum absolute atomic E-state index is 13.2. The number of carbonyl (C=O) groups is 2. The Hall–Kier alpha value is -2.76. The van der Waals surface area contributed by atoms with E-state index in [9.17, 15) is 18.4 Å². The highest BCUT2D eigenvalue weighted by Gasteiger charge is 2.22. The van der Waals surface area contributed by atoms with Crippen molar-refractivity contribution in [3.05, 3.63) is 59.2 Å². The van der Waals surface area contributed by atoms with Gasteiger partial charge in [0.2, 0.25) is 11.8 Å². The second-order valence-corrected chi connectivity index (χ2v) is 6.42. The van der Waals surface area contributed by atoms with Crippen molar-refractivity contribution in [2.24, 2.45) is 0 Å². The Bertz CT molecular complexity index is 855. The van der Waals surface area contributed by atoms with E-state index in [0.29, 0.717) is 36.2 Å². The topological polar surface area (TPSA) is 40.6 Å². The van der Waals surface area contributed by atoms with Crippen LogP contribution in [-0.4, -0.2) is 25.9 Å². The van der Waals surface area contributed by atoms with Crippen LogP contribution in [0.15, 0.2) is 36.4 Å². The number of amides is 2. The van der Waals surface area contributed by atoms with Gasteiger partial charge in [0, 0.05) is 43.9 Å². The Morgan fingerprint density at radius 1 is 0.815 bits per heavy atom. The molecule has 0 atom stereocenters. The van der Waals surface area contributed by atoms with E-state index in [4.69, 9.17) is 0 Å². The molecule has 0 saturated heterocycles. The number of halogens is 2. The molecule has 2 aliphatic rings. The molecule has 0 N–H and O–H groups in total. The number of benzene rings is 2. The summed E-state index contributed by atoms with van der Waals surface area (Å²) < 4.78 is 26.1. The van der Waals surface area contributed by atoms with Crippen molar-refractivity contribution < 1.29 is 18.4 Å². The number of fused-ring (bicyclic) bond motifs is 2.